The number of hydrogen-bond acceptors (Lipinski definition) is 4. The van der Waals surface area contributed by atoms with Crippen LogP contribution in [0.15, 0.2) is 48.7 Å². The third-order valence-electron chi connectivity index (χ3n) is 3.72. The summed E-state index contributed by atoms with van der Waals surface area (Å²) in [7, 11) is 0. The number of aromatic nitrogens is 2. The summed E-state index contributed by atoms with van der Waals surface area (Å²) in [6, 6.07) is 11.6. The molecule has 0 radical (unpaired) electrons. The first-order valence-corrected chi connectivity index (χ1v) is 7.65. The molecular formula is C18H19N3O2. The predicted molar refractivity (Wildman–Crippen MR) is 87.5 cm³/mol. The minimum absolute atomic E-state index is 0.00655. The zero-order valence-electron chi connectivity index (χ0n) is 13.1. The van der Waals surface area contributed by atoms with E-state index in [0.29, 0.717) is 25.5 Å². The lowest BCUT2D eigenvalue weighted by Crippen LogP contribution is -2.41. The molecule has 0 unspecified atom stereocenters. The van der Waals surface area contributed by atoms with Gasteiger partial charge in [-0.1, -0.05) is 30.3 Å². The number of carbonyl (C=O) groups excluding carboxylic acids is 1. The summed E-state index contributed by atoms with van der Waals surface area (Å²) in [4.78, 5) is 22.6. The zero-order valence-corrected chi connectivity index (χ0v) is 13.1. The standard InChI is InChI=1S/C18H19N3O2/c1-14-19-10-9-16(20-14)17-13-21(11-12-23-17)18(22)8-7-15-5-3-2-4-6-15/h2-10,17H,11-13H2,1H3/b8-7+/t17-/m1/s1. The molecule has 0 bridgehead atoms. The van der Waals surface area contributed by atoms with E-state index < -0.39 is 0 Å². The van der Waals surface area contributed by atoms with Crippen molar-refractivity contribution in [2.45, 2.75) is 13.0 Å². The SMILES string of the molecule is Cc1nccc([C@H]2CN(C(=O)/C=C/c3ccccc3)CCO2)n1. The van der Waals surface area contributed by atoms with Crippen LogP contribution in [0, 0.1) is 6.92 Å². The Bertz CT molecular complexity index is 700. The van der Waals surface area contributed by atoms with Gasteiger partial charge in [0.05, 0.1) is 18.8 Å². The zero-order chi connectivity index (χ0) is 16.1. The van der Waals surface area contributed by atoms with Gasteiger partial charge in [0, 0.05) is 18.8 Å². The van der Waals surface area contributed by atoms with E-state index in [1.54, 1.807) is 17.2 Å². The molecule has 1 aliphatic heterocycles. The van der Waals surface area contributed by atoms with Crippen LogP contribution in [0.1, 0.15) is 23.2 Å². The molecule has 0 aliphatic carbocycles. The quantitative estimate of drug-likeness (QED) is 0.817. The lowest BCUT2D eigenvalue weighted by Gasteiger charge is -2.32. The van der Waals surface area contributed by atoms with E-state index >= 15 is 0 Å². The van der Waals surface area contributed by atoms with E-state index in [1.807, 2.05) is 49.4 Å². The van der Waals surface area contributed by atoms with E-state index in [1.165, 1.54) is 0 Å². The van der Waals surface area contributed by atoms with Gasteiger partial charge in [0.1, 0.15) is 11.9 Å². The Balaban J connectivity index is 1.66. The van der Waals surface area contributed by atoms with Crippen molar-refractivity contribution in [3.8, 4) is 0 Å². The Morgan fingerprint density at radius 1 is 1.30 bits per heavy atom. The van der Waals surface area contributed by atoms with Gasteiger partial charge in [0.2, 0.25) is 5.91 Å². The largest absolute Gasteiger partial charge is 0.368 e. The van der Waals surface area contributed by atoms with Gasteiger partial charge in [0.15, 0.2) is 0 Å². The summed E-state index contributed by atoms with van der Waals surface area (Å²) in [5, 5.41) is 0. The highest BCUT2D eigenvalue weighted by molar-refractivity contribution is 5.91. The van der Waals surface area contributed by atoms with Crippen LogP contribution in [0.3, 0.4) is 0 Å². The van der Waals surface area contributed by atoms with Crippen molar-refractivity contribution in [1.29, 1.82) is 0 Å². The Morgan fingerprint density at radius 2 is 2.13 bits per heavy atom. The van der Waals surface area contributed by atoms with Crippen LogP contribution in [-0.4, -0.2) is 40.5 Å². The molecular weight excluding hydrogens is 290 g/mol. The molecule has 1 saturated heterocycles. The summed E-state index contributed by atoms with van der Waals surface area (Å²) < 4.78 is 5.75. The second kappa shape index (κ2) is 7.15. The van der Waals surface area contributed by atoms with E-state index in [9.17, 15) is 4.79 Å². The van der Waals surface area contributed by atoms with Crippen molar-refractivity contribution in [3.05, 3.63) is 65.8 Å². The molecule has 1 aliphatic rings. The summed E-state index contributed by atoms with van der Waals surface area (Å²) in [5.74, 6) is 0.700. The second-order valence-corrected chi connectivity index (χ2v) is 5.42. The Hall–Kier alpha value is -2.53. The second-order valence-electron chi connectivity index (χ2n) is 5.42. The van der Waals surface area contributed by atoms with Crippen LogP contribution < -0.4 is 0 Å². The number of aryl methyl sites for hydroxylation is 1. The van der Waals surface area contributed by atoms with Crippen molar-refractivity contribution >= 4 is 12.0 Å². The van der Waals surface area contributed by atoms with Gasteiger partial charge < -0.3 is 9.64 Å². The highest BCUT2D eigenvalue weighted by Crippen LogP contribution is 2.20. The molecule has 2 aromatic rings. The predicted octanol–water partition coefficient (Wildman–Crippen LogP) is 2.40. The third-order valence-corrected chi connectivity index (χ3v) is 3.72. The minimum atomic E-state index is -0.195. The molecule has 1 amide bonds. The fraction of sp³-hybridized carbons (Fsp3) is 0.278. The van der Waals surface area contributed by atoms with Gasteiger partial charge in [-0.3, -0.25) is 4.79 Å². The fourth-order valence-corrected chi connectivity index (χ4v) is 2.52. The van der Waals surface area contributed by atoms with Crippen LogP contribution in [0.5, 0.6) is 0 Å². The number of ether oxygens (including phenoxy) is 1. The average Bonchev–Trinajstić information content (AvgIpc) is 2.61. The van der Waals surface area contributed by atoms with Gasteiger partial charge in [-0.2, -0.15) is 0 Å². The number of amides is 1. The Labute approximate surface area is 135 Å². The molecule has 0 spiro atoms. The first-order valence-electron chi connectivity index (χ1n) is 7.65. The van der Waals surface area contributed by atoms with Crippen LogP contribution in [-0.2, 0) is 9.53 Å². The van der Waals surface area contributed by atoms with Crippen molar-refractivity contribution in [3.63, 3.8) is 0 Å². The molecule has 5 heteroatoms. The van der Waals surface area contributed by atoms with Crippen molar-refractivity contribution in [2.75, 3.05) is 19.7 Å². The number of carbonyl (C=O) groups is 1. The van der Waals surface area contributed by atoms with Crippen LogP contribution in [0.2, 0.25) is 0 Å². The van der Waals surface area contributed by atoms with Gasteiger partial charge >= 0.3 is 0 Å². The van der Waals surface area contributed by atoms with Crippen LogP contribution in [0.25, 0.3) is 6.08 Å². The van der Waals surface area contributed by atoms with E-state index in [2.05, 4.69) is 9.97 Å². The van der Waals surface area contributed by atoms with Crippen molar-refractivity contribution in [2.24, 2.45) is 0 Å². The molecule has 1 aromatic heterocycles. The molecule has 1 aromatic carbocycles. The summed E-state index contributed by atoms with van der Waals surface area (Å²) in [6.07, 6.45) is 4.97. The third kappa shape index (κ3) is 4.02. The first-order chi connectivity index (χ1) is 11.2. The lowest BCUT2D eigenvalue weighted by atomic mass is 10.2. The molecule has 2 heterocycles. The number of rotatable bonds is 3. The van der Waals surface area contributed by atoms with Gasteiger partial charge in [-0.25, -0.2) is 9.97 Å². The van der Waals surface area contributed by atoms with E-state index in [0.717, 1.165) is 11.3 Å². The van der Waals surface area contributed by atoms with Crippen molar-refractivity contribution in [1.82, 2.24) is 14.9 Å². The van der Waals surface area contributed by atoms with Crippen LogP contribution in [0.4, 0.5) is 0 Å². The monoisotopic (exact) mass is 309 g/mol. The van der Waals surface area contributed by atoms with Gasteiger partial charge in [-0.15, -0.1) is 0 Å². The summed E-state index contributed by atoms with van der Waals surface area (Å²) in [6.45, 7) is 3.46. The molecule has 1 fully saturated rings. The summed E-state index contributed by atoms with van der Waals surface area (Å²) in [5.41, 5.74) is 1.83. The molecule has 118 valence electrons. The highest BCUT2D eigenvalue weighted by Gasteiger charge is 2.25. The van der Waals surface area contributed by atoms with Gasteiger partial charge in [-0.05, 0) is 24.6 Å². The number of benzene rings is 1. The molecule has 0 N–H and O–H groups in total. The van der Waals surface area contributed by atoms with E-state index in [4.69, 9.17) is 4.74 Å². The van der Waals surface area contributed by atoms with E-state index in [-0.39, 0.29) is 12.0 Å². The Morgan fingerprint density at radius 3 is 2.91 bits per heavy atom. The lowest BCUT2D eigenvalue weighted by molar-refractivity contribution is -0.133. The minimum Gasteiger partial charge on any atom is -0.368 e. The van der Waals surface area contributed by atoms with Gasteiger partial charge in [0.25, 0.3) is 0 Å². The fourth-order valence-electron chi connectivity index (χ4n) is 2.52. The normalized spacial score (nSPS) is 18.3. The molecule has 5 nitrogen and oxygen atoms in total. The smallest absolute Gasteiger partial charge is 0.246 e. The average molecular weight is 309 g/mol. The molecule has 1 atom stereocenters. The van der Waals surface area contributed by atoms with Crippen molar-refractivity contribution < 1.29 is 9.53 Å². The topological polar surface area (TPSA) is 55.3 Å². The highest BCUT2D eigenvalue weighted by atomic mass is 16.5. The van der Waals surface area contributed by atoms with Crippen LogP contribution >= 0.6 is 0 Å². The molecule has 0 saturated carbocycles. The maximum atomic E-state index is 12.4. The maximum Gasteiger partial charge on any atom is 0.246 e. The number of hydrogen-bond donors (Lipinski definition) is 0. The first kappa shape index (κ1) is 15.4. The Kier molecular flexibility index (Phi) is 4.78. The summed E-state index contributed by atoms with van der Waals surface area (Å²) >= 11 is 0. The number of morpholine rings is 1. The molecule has 3 rings (SSSR count). The number of nitrogens with zero attached hydrogens (tertiary/aromatic N) is 3. The molecule has 23 heavy (non-hydrogen) atoms. The maximum absolute atomic E-state index is 12.4.